The van der Waals surface area contributed by atoms with E-state index in [2.05, 4.69) is 9.88 Å². The molecule has 0 unspecified atom stereocenters. The number of aliphatic hydroxyl groups excluding tert-OH is 1. The second-order valence-electron chi connectivity index (χ2n) is 8.58. The highest BCUT2D eigenvalue weighted by Crippen LogP contribution is 2.52. The molecule has 2 amide bonds. The molecule has 31 heavy (non-hydrogen) atoms. The number of carbonyl (C=O) groups excluding carboxylic acids is 2. The number of carboxylic acid groups (broad SMARTS) is 1. The van der Waals surface area contributed by atoms with Gasteiger partial charge in [-0.25, -0.2) is 9.78 Å². The molecule has 0 radical (unpaired) electrons. The van der Waals surface area contributed by atoms with Crippen molar-refractivity contribution in [2.45, 2.75) is 37.7 Å². The van der Waals surface area contributed by atoms with Gasteiger partial charge >= 0.3 is 5.97 Å². The van der Waals surface area contributed by atoms with Crippen LogP contribution in [0.1, 0.15) is 30.8 Å². The van der Waals surface area contributed by atoms with Crippen LogP contribution < -0.4 is 4.90 Å². The lowest BCUT2D eigenvalue weighted by molar-refractivity contribution is -0.163. The highest BCUT2D eigenvalue weighted by atomic mass is 32.2. The predicted octanol–water partition coefficient (Wildman–Crippen LogP) is 1.06. The molecule has 9 nitrogen and oxygen atoms in total. The molecule has 4 aliphatic rings. The minimum Gasteiger partial charge on any atom is -0.477 e. The van der Waals surface area contributed by atoms with Gasteiger partial charge in [0.15, 0.2) is 5.13 Å². The van der Waals surface area contributed by atoms with Crippen LogP contribution in [0.25, 0.3) is 0 Å². The van der Waals surface area contributed by atoms with Crippen LogP contribution in [-0.4, -0.2) is 86.4 Å². The summed E-state index contributed by atoms with van der Waals surface area (Å²) in [4.78, 5) is 47.1. The Morgan fingerprint density at radius 2 is 2.03 bits per heavy atom. The van der Waals surface area contributed by atoms with E-state index in [0.29, 0.717) is 23.7 Å². The summed E-state index contributed by atoms with van der Waals surface area (Å²) in [6.07, 6.45) is 0.246. The number of likely N-dealkylation sites (tertiary alicyclic amines) is 1. The normalized spacial score (nSPS) is 28.8. The van der Waals surface area contributed by atoms with E-state index in [1.54, 1.807) is 17.2 Å². The van der Waals surface area contributed by atoms with Gasteiger partial charge in [-0.15, -0.1) is 23.1 Å². The Kier molecular flexibility index (Phi) is 5.02. The van der Waals surface area contributed by atoms with Gasteiger partial charge < -0.3 is 24.9 Å². The van der Waals surface area contributed by atoms with Crippen LogP contribution in [0.5, 0.6) is 0 Å². The van der Waals surface area contributed by atoms with Gasteiger partial charge in [-0.1, -0.05) is 6.92 Å². The number of aliphatic hydroxyl groups is 1. The fourth-order valence-corrected chi connectivity index (χ4v) is 7.06. The first-order valence-electron chi connectivity index (χ1n) is 10.4. The summed E-state index contributed by atoms with van der Waals surface area (Å²) in [5, 5.41) is 22.5. The van der Waals surface area contributed by atoms with Crippen molar-refractivity contribution in [3.8, 4) is 0 Å². The van der Waals surface area contributed by atoms with E-state index in [4.69, 9.17) is 0 Å². The van der Waals surface area contributed by atoms with Gasteiger partial charge in [0.1, 0.15) is 11.4 Å². The van der Waals surface area contributed by atoms with Crippen molar-refractivity contribution in [3.63, 3.8) is 0 Å². The first-order valence-corrected chi connectivity index (χ1v) is 12.2. The molecule has 1 aromatic heterocycles. The fourth-order valence-electron chi connectivity index (χ4n) is 4.72. The van der Waals surface area contributed by atoms with Crippen molar-refractivity contribution in [3.05, 3.63) is 21.7 Å². The van der Waals surface area contributed by atoms with E-state index >= 15 is 0 Å². The zero-order chi connectivity index (χ0) is 22.0. The maximum atomic E-state index is 12.4. The Bertz CT molecular complexity index is 982. The number of aliphatic carboxylic acids is 1. The van der Waals surface area contributed by atoms with E-state index < -0.39 is 18.0 Å². The van der Waals surface area contributed by atoms with Gasteiger partial charge in [-0.3, -0.25) is 9.59 Å². The SMILES string of the molecule is C[C@@H](O)[C@H]1C(=O)N2C(C(=O)O)=C(SC3CN(c4nc(C(=O)N5CCC5)cs4)C3)[C@H](C)[C@H]12. The Balaban J connectivity index is 1.25. The number of thioether (sulfide) groups is 1. The van der Waals surface area contributed by atoms with Gasteiger partial charge in [-0.05, 0) is 13.3 Å². The van der Waals surface area contributed by atoms with Crippen LogP contribution in [0.2, 0.25) is 0 Å². The molecule has 0 spiro atoms. The minimum atomic E-state index is -1.10. The molecule has 4 atom stereocenters. The molecule has 0 aliphatic carbocycles. The largest absolute Gasteiger partial charge is 0.477 e. The Labute approximate surface area is 187 Å². The van der Waals surface area contributed by atoms with E-state index in [1.807, 2.05) is 6.92 Å². The Hall–Kier alpha value is -2.11. The van der Waals surface area contributed by atoms with Crippen LogP contribution in [-0.2, 0) is 9.59 Å². The zero-order valence-corrected chi connectivity index (χ0v) is 18.9. The van der Waals surface area contributed by atoms with Crippen molar-refractivity contribution in [1.82, 2.24) is 14.8 Å². The number of β-lactam (4-membered cyclic amide) rings is 1. The Morgan fingerprint density at radius 3 is 2.61 bits per heavy atom. The number of hydrogen-bond acceptors (Lipinski definition) is 8. The summed E-state index contributed by atoms with van der Waals surface area (Å²) in [6, 6.07) is -0.286. The number of carbonyl (C=O) groups is 3. The number of amides is 2. The number of fused-ring (bicyclic) bond motifs is 1. The van der Waals surface area contributed by atoms with Gasteiger partial charge in [0.05, 0.1) is 18.1 Å². The molecule has 0 bridgehead atoms. The zero-order valence-electron chi connectivity index (χ0n) is 17.2. The lowest BCUT2D eigenvalue weighted by atomic mass is 9.79. The van der Waals surface area contributed by atoms with E-state index in [0.717, 1.165) is 24.6 Å². The number of thiazole rings is 1. The van der Waals surface area contributed by atoms with Crippen LogP contribution in [0.3, 0.4) is 0 Å². The number of carboxylic acids is 1. The maximum absolute atomic E-state index is 12.4. The predicted molar refractivity (Wildman–Crippen MR) is 116 cm³/mol. The monoisotopic (exact) mass is 464 g/mol. The van der Waals surface area contributed by atoms with Crippen molar-refractivity contribution >= 4 is 46.0 Å². The highest BCUT2D eigenvalue weighted by Gasteiger charge is 2.60. The summed E-state index contributed by atoms with van der Waals surface area (Å²) < 4.78 is 0. The second-order valence-corrected chi connectivity index (χ2v) is 10.8. The third-order valence-electron chi connectivity index (χ3n) is 6.58. The highest BCUT2D eigenvalue weighted by molar-refractivity contribution is 8.03. The third-order valence-corrected chi connectivity index (χ3v) is 8.93. The molecule has 3 fully saturated rings. The molecule has 0 saturated carbocycles. The number of hydrogen-bond donors (Lipinski definition) is 2. The maximum Gasteiger partial charge on any atom is 0.353 e. The van der Waals surface area contributed by atoms with E-state index in [1.165, 1.54) is 28.0 Å². The summed E-state index contributed by atoms with van der Waals surface area (Å²) >= 11 is 2.96. The first-order chi connectivity index (χ1) is 14.8. The lowest BCUT2D eigenvalue weighted by Crippen LogP contribution is -2.63. The van der Waals surface area contributed by atoms with Crippen LogP contribution >= 0.6 is 23.1 Å². The standard InChI is InChI=1S/C20H24N4O5S2/c1-9-14-13(10(2)25)18(27)24(14)15(19(28)29)16(9)31-11-6-23(7-11)20-21-12(8-30-20)17(26)22-4-3-5-22/h8-11,13-14,25H,3-7H2,1-2H3,(H,28,29)/t9-,10-,13-,14-/m1/s1. The van der Waals surface area contributed by atoms with Gasteiger partial charge in [0.25, 0.3) is 5.91 Å². The number of rotatable bonds is 6. The summed E-state index contributed by atoms with van der Waals surface area (Å²) in [5.41, 5.74) is 0.558. The van der Waals surface area contributed by atoms with Gasteiger partial charge in [0.2, 0.25) is 5.91 Å². The van der Waals surface area contributed by atoms with Crippen LogP contribution in [0.15, 0.2) is 16.0 Å². The number of anilines is 1. The quantitative estimate of drug-likeness (QED) is 0.601. The van der Waals surface area contributed by atoms with Crippen molar-refractivity contribution in [2.24, 2.45) is 11.8 Å². The molecular formula is C20H24N4O5S2. The molecular weight excluding hydrogens is 440 g/mol. The molecule has 3 saturated heterocycles. The van der Waals surface area contributed by atoms with Crippen molar-refractivity contribution in [2.75, 3.05) is 31.1 Å². The summed E-state index contributed by atoms with van der Waals surface area (Å²) in [6.45, 7) is 6.52. The molecule has 5 rings (SSSR count). The van der Waals surface area contributed by atoms with Crippen molar-refractivity contribution in [1.29, 1.82) is 0 Å². The molecule has 5 heterocycles. The number of nitrogens with zero attached hydrogens (tertiary/aromatic N) is 4. The minimum absolute atomic E-state index is 0.0157. The van der Waals surface area contributed by atoms with Gasteiger partial charge in [0, 0.05) is 47.6 Å². The molecule has 0 aromatic carbocycles. The molecule has 2 N–H and O–H groups in total. The molecule has 11 heteroatoms. The van der Waals surface area contributed by atoms with Crippen molar-refractivity contribution < 1.29 is 24.6 Å². The molecule has 1 aromatic rings. The average Bonchev–Trinajstić information content (AvgIpc) is 3.18. The average molecular weight is 465 g/mol. The first kappa shape index (κ1) is 20.8. The summed E-state index contributed by atoms with van der Waals surface area (Å²) in [5.74, 6) is -2.09. The second kappa shape index (κ2) is 7.49. The molecule has 4 aliphatic heterocycles. The van der Waals surface area contributed by atoms with E-state index in [9.17, 15) is 24.6 Å². The fraction of sp³-hybridized carbons (Fsp3) is 0.600. The third kappa shape index (κ3) is 3.16. The number of aromatic nitrogens is 1. The van der Waals surface area contributed by atoms with Gasteiger partial charge in [-0.2, -0.15) is 0 Å². The Morgan fingerprint density at radius 1 is 1.32 bits per heavy atom. The smallest absolute Gasteiger partial charge is 0.353 e. The summed E-state index contributed by atoms with van der Waals surface area (Å²) in [7, 11) is 0. The molecule has 166 valence electrons. The lowest BCUT2D eigenvalue weighted by Gasteiger charge is -2.46. The van der Waals surface area contributed by atoms with Crippen LogP contribution in [0, 0.1) is 11.8 Å². The van der Waals surface area contributed by atoms with E-state index in [-0.39, 0.29) is 34.7 Å². The topological polar surface area (TPSA) is 114 Å². The van der Waals surface area contributed by atoms with Crippen LogP contribution in [0.4, 0.5) is 5.13 Å².